The number of hydrogen-bond acceptors (Lipinski definition) is 4. The molecule has 0 saturated heterocycles. The standard InChI is InChI=1S/C27H30ClN3O4S/c1-18(2)29-27(33)19(3)30(17-20-8-4-11-22(28)16-20)25(32)14-7-15-31-23-12-5-9-21-10-6-13-24(26(21)23)36(31,34)35/h4-6,8-13,16,18-19H,7,14-15,17H2,1-3H3,(H,29,33). The fraction of sp³-hybridized carbons (Fsp3) is 0.333. The van der Waals surface area contributed by atoms with Crippen molar-refractivity contribution >= 4 is 49.9 Å². The molecule has 2 amide bonds. The molecule has 1 aliphatic heterocycles. The summed E-state index contributed by atoms with van der Waals surface area (Å²) in [6.45, 7) is 5.81. The highest BCUT2D eigenvalue weighted by Gasteiger charge is 2.35. The number of nitrogens with zero attached hydrogens (tertiary/aromatic N) is 2. The van der Waals surface area contributed by atoms with Crippen molar-refractivity contribution in [2.45, 2.75) is 57.1 Å². The van der Waals surface area contributed by atoms with Crippen LogP contribution in [-0.2, 0) is 26.2 Å². The number of halogens is 1. The maximum absolute atomic E-state index is 13.4. The van der Waals surface area contributed by atoms with Crippen LogP contribution in [0.1, 0.15) is 39.2 Å². The molecule has 3 aromatic rings. The van der Waals surface area contributed by atoms with Crippen LogP contribution >= 0.6 is 11.6 Å². The van der Waals surface area contributed by atoms with Crippen molar-refractivity contribution in [3.05, 3.63) is 71.2 Å². The lowest BCUT2D eigenvalue weighted by Crippen LogP contribution is -2.49. The Morgan fingerprint density at radius 2 is 1.72 bits per heavy atom. The Kier molecular flexibility index (Phi) is 7.57. The van der Waals surface area contributed by atoms with E-state index < -0.39 is 16.1 Å². The second-order valence-electron chi connectivity index (χ2n) is 9.30. The van der Waals surface area contributed by atoms with E-state index in [9.17, 15) is 18.0 Å². The Morgan fingerprint density at radius 1 is 1.03 bits per heavy atom. The Bertz CT molecular complexity index is 1400. The van der Waals surface area contributed by atoms with Crippen LogP contribution in [-0.4, -0.2) is 43.8 Å². The molecule has 9 heteroatoms. The monoisotopic (exact) mass is 527 g/mol. The first-order valence-corrected chi connectivity index (χ1v) is 13.8. The van der Waals surface area contributed by atoms with E-state index in [4.69, 9.17) is 11.6 Å². The average Bonchev–Trinajstić information content (AvgIpc) is 3.05. The Hall–Kier alpha value is -3.10. The van der Waals surface area contributed by atoms with Crippen molar-refractivity contribution in [1.29, 1.82) is 0 Å². The Morgan fingerprint density at radius 3 is 2.42 bits per heavy atom. The van der Waals surface area contributed by atoms with Crippen molar-refractivity contribution in [2.24, 2.45) is 0 Å². The van der Waals surface area contributed by atoms with Gasteiger partial charge >= 0.3 is 0 Å². The van der Waals surface area contributed by atoms with Gasteiger partial charge in [-0.15, -0.1) is 0 Å². The molecule has 4 rings (SSSR count). The van der Waals surface area contributed by atoms with E-state index in [1.807, 2.05) is 38.1 Å². The van der Waals surface area contributed by atoms with Crippen LogP contribution < -0.4 is 9.62 Å². The second kappa shape index (κ2) is 10.5. The van der Waals surface area contributed by atoms with Gasteiger partial charge in [-0.1, -0.05) is 48.0 Å². The third-order valence-electron chi connectivity index (χ3n) is 6.27. The summed E-state index contributed by atoms with van der Waals surface area (Å²) in [6, 6.07) is 17.2. The molecule has 36 heavy (non-hydrogen) atoms. The Labute approximate surface area is 217 Å². The molecule has 0 aromatic heterocycles. The highest BCUT2D eigenvalue weighted by molar-refractivity contribution is 7.93. The lowest BCUT2D eigenvalue weighted by molar-refractivity contribution is -0.140. The molecule has 190 valence electrons. The zero-order valence-corrected chi connectivity index (χ0v) is 22.1. The summed E-state index contributed by atoms with van der Waals surface area (Å²) in [7, 11) is -3.68. The van der Waals surface area contributed by atoms with Gasteiger partial charge < -0.3 is 10.2 Å². The predicted octanol–water partition coefficient (Wildman–Crippen LogP) is 4.72. The van der Waals surface area contributed by atoms with E-state index in [0.717, 1.165) is 10.9 Å². The van der Waals surface area contributed by atoms with Crippen LogP contribution in [0.2, 0.25) is 5.02 Å². The molecular weight excluding hydrogens is 498 g/mol. The number of carbonyl (C=O) groups is 2. The average molecular weight is 528 g/mol. The van der Waals surface area contributed by atoms with Gasteiger partial charge in [0.25, 0.3) is 10.0 Å². The van der Waals surface area contributed by atoms with Gasteiger partial charge in [-0.05, 0) is 62.4 Å². The first kappa shape index (κ1) is 26.0. The van der Waals surface area contributed by atoms with Crippen LogP contribution in [0.3, 0.4) is 0 Å². The topological polar surface area (TPSA) is 86.8 Å². The molecule has 3 aromatic carbocycles. The molecule has 1 heterocycles. The summed E-state index contributed by atoms with van der Waals surface area (Å²) in [4.78, 5) is 27.9. The molecule has 1 unspecified atom stereocenters. The molecule has 0 spiro atoms. The Balaban J connectivity index is 1.50. The van der Waals surface area contributed by atoms with Crippen LogP contribution in [0, 0.1) is 0 Å². The van der Waals surface area contributed by atoms with E-state index in [2.05, 4.69) is 5.32 Å². The summed E-state index contributed by atoms with van der Waals surface area (Å²) in [5.74, 6) is -0.474. The lowest BCUT2D eigenvalue weighted by Gasteiger charge is -2.30. The molecule has 0 aliphatic carbocycles. The summed E-state index contributed by atoms with van der Waals surface area (Å²) >= 11 is 6.13. The van der Waals surface area contributed by atoms with E-state index in [1.165, 1.54) is 9.21 Å². The molecule has 1 N–H and O–H groups in total. The maximum Gasteiger partial charge on any atom is 0.265 e. The molecule has 0 fully saturated rings. The summed E-state index contributed by atoms with van der Waals surface area (Å²) < 4.78 is 27.8. The van der Waals surface area contributed by atoms with Gasteiger partial charge in [-0.3, -0.25) is 13.9 Å². The second-order valence-corrected chi connectivity index (χ2v) is 11.6. The van der Waals surface area contributed by atoms with E-state index in [1.54, 1.807) is 43.3 Å². The normalized spacial score (nSPS) is 14.8. The number of anilines is 1. The van der Waals surface area contributed by atoms with Gasteiger partial charge in [-0.25, -0.2) is 8.42 Å². The van der Waals surface area contributed by atoms with Gasteiger partial charge in [0.15, 0.2) is 0 Å². The first-order chi connectivity index (χ1) is 17.1. The van der Waals surface area contributed by atoms with Crippen LogP contribution in [0.5, 0.6) is 0 Å². The van der Waals surface area contributed by atoms with Crippen LogP contribution in [0.15, 0.2) is 65.6 Å². The van der Waals surface area contributed by atoms with Gasteiger partial charge in [0.2, 0.25) is 11.8 Å². The summed E-state index contributed by atoms with van der Waals surface area (Å²) in [6.07, 6.45) is 0.408. The number of rotatable bonds is 9. The SMILES string of the molecule is CC(C)NC(=O)C(C)N(Cc1cccc(Cl)c1)C(=O)CCCN1c2cccc3cccc(c23)S1(=O)=O. The van der Waals surface area contributed by atoms with Gasteiger partial charge in [0.05, 0.1) is 10.6 Å². The van der Waals surface area contributed by atoms with Crippen LogP contribution in [0.4, 0.5) is 5.69 Å². The largest absolute Gasteiger partial charge is 0.352 e. The molecule has 0 radical (unpaired) electrons. The molecule has 0 saturated carbocycles. The van der Waals surface area contributed by atoms with Crippen molar-refractivity contribution in [1.82, 2.24) is 10.2 Å². The summed E-state index contributed by atoms with van der Waals surface area (Å²) in [5.41, 5.74) is 1.44. The van der Waals surface area contributed by atoms with Crippen molar-refractivity contribution in [3.8, 4) is 0 Å². The minimum atomic E-state index is -3.68. The minimum absolute atomic E-state index is 0.0622. The van der Waals surface area contributed by atoms with Crippen LogP contribution in [0.25, 0.3) is 10.8 Å². The lowest BCUT2D eigenvalue weighted by atomic mass is 10.1. The fourth-order valence-corrected chi connectivity index (χ4v) is 6.50. The predicted molar refractivity (Wildman–Crippen MR) is 142 cm³/mol. The molecule has 1 atom stereocenters. The minimum Gasteiger partial charge on any atom is -0.352 e. The van der Waals surface area contributed by atoms with Crippen molar-refractivity contribution in [2.75, 3.05) is 10.8 Å². The van der Waals surface area contributed by atoms with Gasteiger partial charge in [-0.2, -0.15) is 0 Å². The number of hydrogen-bond donors (Lipinski definition) is 1. The molecule has 7 nitrogen and oxygen atoms in total. The number of benzene rings is 3. The number of amides is 2. The summed E-state index contributed by atoms with van der Waals surface area (Å²) in [5, 5.41) is 4.99. The zero-order chi connectivity index (χ0) is 26.0. The fourth-order valence-electron chi connectivity index (χ4n) is 4.54. The quantitative estimate of drug-likeness (QED) is 0.436. The highest BCUT2D eigenvalue weighted by Crippen LogP contribution is 2.42. The number of sulfonamides is 1. The zero-order valence-electron chi connectivity index (χ0n) is 20.6. The highest BCUT2D eigenvalue weighted by atomic mass is 35.5. The third kappa shape index (κ3) is 5.20. The van der Waals surface area contributed by atoms with Gasteiger partial charge in [0, 0.05) is 36.0 Å². The number of nitrogens with one attached hydrogen (secondary N) is 1. The van der Waals surface area contributed by atoms with E-state index in [0.29, 0.717) is 27.4 Å². The molecule has 1 aliphatic rings. The first-order valence-electron chi connectivity index (χ1n) is 12.0. The molecular formula is C27H30ClN3O4S. The van der Waals surface area contributed by atoms with Crippen molar-refractivity contribution in [3.63, 3.8) is 0 Å². The van der Waals surface area contributed by atoms with Gasteiger partial charge in [0.1, 0.15) is 6.04 Å². The smallest absolute Gasteiger partial charge is 0.265 e. The van der Waals surface area contributed by atoms with E-state index >= 15 is 0 Å². The number of carbonyl (C=O) groups excluding carboxylic acids is 2. The molecule has 0 bridgehead atoms. The van der Waals surface area contributed by atoms with E-state index in [-0.39, 0.29) is 37.4 Å². The third-order valence-corrected chi connectivity index (χ3v) is 8.36. The van der Waals surface area contributed by atoms with Crippen molar-refractivity contribution < 1.29 is 18.0 Å². The maximum atomic E-state index is 13.4.